The molecule has 1 fully saturated rings. The van der Waals surface area contributed by atoms with Crippen molar-refractivity contribution in [1.82, 2.24) is 9.88 Å². The molecule has 3 aromatic rings. The molecule has 35 heavy (non-hydrogen) atoms. The molecule has 1 amide bonds. The van der Waals surface area contributed by atoms with Crippen LogP contribution >= 0.6 is 12.4 Å². The number of ether oxygens (including phenoxy) is 1. The lowest BCUT2D eigenvalue weighted by molar-refractivity contribution is -0.132. The second kappa shape index (κ2) is 11.5. The number of hydrogen-bond acceptors (Lipinski definition) is 5. The lowest BCUT2D eigenvalue weighted by atomic mass is 10.1. The van der Waals surface area contributed by atoms with Crippen molar-refractivity contribution in [2.75, 3.05) is 24.4 Å². The third-order valence-corrected chi connectivity index (χ3v) is 7.61. The van der Waals surface area contributed by atoms with Gasteiger partial charge in [0, 0.05) is 45.4 Å². The number of likely N-dealkylation sites (tertiary alicyclic amines) is 1. The number of nitrogens with zero attached hydrogens (tertiary/aromatic N) is 3. The van der Waals surface area contributed by atoms with Crippen LogP contribution in [-0.2, 0) is 21.2 Å². The maximum Gasteiger partial charge on any atom is 0.264 e. The van der Waals surface area contributed by atoms with Crippen molar-refractivity contribution >= 4 is 34.0 Å². The topological polar surface area (TPSA) is 79.8 Å². The first kappa shape index (κ1) is 26.4. The number of aromatic nitrogens is 1. The number of piperidine rings is 1. The summed E-state index contributed by atoms with van der Waals surface area (Å²) in [6.07, 6.45) is 5.14. The fourth-order valence-corrected chi connectivity index (χ4v) is 5.09. The first-order valence-electron chi connectivity index (χ1n) is 11.0. The van der Waals surface area contributed by atoms with Gasteiger partial charge in [-0.15, -0.1) is 12.4 Å². The molecule has 0 bridgehead atoms. The van der Waals surface area contributed by atoms with Gasteiger partial charge < -0.3 is 9.64 Å². The zero-order valence-electron chi connectivity index (χ0n) is 19.2. The highest BCUT2D eigenvalue weighted by molar-refractivity contribution is 7.92. The second-order valence-electron chi connectivity index (χ2n) is 8.16. The first-order chi connectivity index (χ1) is 16.3. The van der Waals surface area contributed by atoms with Gasteiger partial charge in [-0.25, -0.2) is 12.8 Å². The van der Waals surface area contributed by atoms with Crippen LogP contribution < -0.4 is 9.04 Å². The third-order valence-electron chi connectivity index (χ3n) is 5.83. The minimum Gasteiger partial charge on any atom is -0.490 e. The summed E-state index contributed by atoms with van der Waals surface area (Å²) in [7, 11) is -2.46. The van der Waals surface area contributed by atoms with Crippen molar-refractivity contribution in [3.8, 4) is 5.75 Å². The molecule has 2 aromatic carbocycles. The molecule has 4 rings (SSSR count). The van der Waals surface area contributed by atoms with Crippen molar-refractivity contribution in [3.05, 3.63) is 84.4 Å². The van der Waals surface area contributed by atoms with E-state index in [0.717, 1.165) is 15.9 Å². The molecular formula is C25H27ClFN3O4S. The maximum absolute atomic E-state index is 13.5. The molecule has 0 unspecified atom stereocenters. The van der Waals surface area contributed by atoms with Crippen LogP contribution in [0.5, 0.6) is 5.75 Å². The number of benzene rings is 2. The molecule has 1 aliphatic rings. The Morgan fingerprint density at radius 2 is 1.83 bits per heavy atom. The number of hydrogen-bond donors (Lipinski definition) is 0. The molecule has 0 atom stereocenters. The van der Waals surface area contributed by atoms with E-state index >= 15 is 0 Å². The third kappa shape index (κ3) is 6.49. The van der Waals surface area contributed by atoms with Crippen LogP contribution in [0.25, 0.3) is 0 Å². The molecule has 7 nitrogen and oxygen atoms in total. The maximum atomic E-state index is 13.5. The van der Waals surface area contributed by atoms with E-state index in [0.29, 0.717) is 43.8 Å². The van der Waals surface area contributed by atoms with E-state index < -0.39 is 15.8 Å². The van der Waals surface area contributed by atoms with Gasteiger partial charge in [-0.2, -0.15) is 0 Å². The number of sulfonamides is 1. The average molecular weight is 520 g/mol. The van der Waals surface area contributed by atoms with Gasteiger partial charge >= 0.3 is 0 Å². The molecule has 2 heterocycles. The number of anilines is 1. The minimum atomic E-state index is -3.88. The molecule has 1 aliphatic heterocycles. The van der Waals surface area contributed by atoms with Crippen LogP contribution in [0, 0.1) is 5.82 Å². The first-order valence-corrected chi connectivity index (χ1v) is 12.4. The summed E-state index contributed by atoms with van der Waals surface area (Å²) in [4.78, 5) is 18.3. The number of rotatable bonds is 7. The minimum absolute atomic E-state index is 0. The number of carbonyl (C=O) groups excluding carboxylic acids is 1. The average Bonchev–Trinajstić information content (AvgIpc) is 2.85. The summed E-state index contributed by atoms with van der Waals surface area (Å²) in [6, 6.07) is 15.4. The summed E-state index contributed by atoms with van der Waals surface area (Å²) in [5.41, 5.74) is 1.34. The molecule has 0 radical (unpaired) electrons. The molecule has 0 N–H and O–H groups in total. The van der Waals surface area contributed by atoms with E-state index in [4.69, 9.17) is 4.74 Å². The van der Waals surface area contributed by atoms with E-state index in [2.05, 4.69) is 4.98 Å². The predicted molar refractivity (Wildman–Crippen MR) is 134 cm³/mol. The standard InChI is InChI=1S/C25H26FN3O4S.ClH/c1-28(34(31,32)24-6-2-5-20(26)17-24)21-7-9-22(10-8-21)33-23-11-14-29(15-12-23)25(30)16-19-4-3-13-27-18-19;/h2-10,13,17-18,23H,11-12,14-16H2,1H3;1H. The van der Waals surface area contributed by atoms with Gasteiger partial charge in [-0.1, -0.05) is 12.1 Å². The van der Waals surface area contributed by atoms with Crippen LogP contribution in [0.3, 0.4) is 0 Å². The summed E-state index contributed by atoms with van der Waals surface area (Å²) in [5, 5.41) is 0. The zero-order valence-corrected chi connectivity index (χ0v) is 20.8. The lowest BCUT2D eigenvalue weighted by Gasteiger charge is -2.32. The molecule has 0 spiro atoms. The van der Waals surface area contributed by atoms with E-state index in [1.165, 1.54) is 25.2 Å². The van der Waals surface area contributed by atoms with E-state index in [1.54, 1.807) is 36.7 Å². The molecule has 1 saturated heterocycles. The molecule has 0 saturated carbocycles. The van der Waals surface area contributed by atoms with Gasteiger partial charge in [0.2, 0.25) is 5.91 Å². The predicted octanol–water partition coefficient (Wildman–Crippen LogP) is 4.08. The van der Waals surface area contributed by atoms with Crippen molar-refractivity contribution in [2.24, 2.45) is 0 Å². The highest BCUT2D eigenvalue weighted by Gasteiger charge is 2.25. The molecule has 186 valence electrons. The van der Waals surface area contributed by atoms with Crippen LogP contribution in [0.1, 0.15) is 18.4 Å². The van der Waals surface area contributed by atoms with E-state index in [1.807, 2.05) is 17.0 Å². The lowest BCUT2D eigenvalue weighted by Crippen LogP contribution is -2.42. The Balaban J connectivity index is 0.00000342. The number of halogens is 2. The summed E-state index contributed by atoms with van der Waals surface area (Å²) >= 11 is 0. The van der Waals surface area contributed by atoms with Gasteiger partial charge in [-0.05, 0) is 54.1 Å². The molecule has 0 aliphatic carbocycles. The highest BCUT2D eigenvalue weighted by atomic mass is 35.5. The largest absolute Gasteiger partial charge is 0.490 e. The molecular weight excluding hydrogens is 493 g/mol. The summed E-state index contributed by atoms with van der Waals surface area (Å²) < 4.78 is 46.2. The summed E-state index contributed by atoms with van der Waals surface area (Å²) in [6.45, 7) is 1.24. The zero-order chi connectivity index (χ0) is 24.1. The molecule has 1 aromatic heterocycles. The Bertz CT molecular complexity index is 1240. The van der Waals surface area contributed by atoms with Crippen molar-refractivity contribution < 1.29 is 22.3 Å². The quantitative estimate of drug-likeness (QED) is 0.470. The van der Waals surface area contributed by atoms with E-state index in [9.17, 15) is 17.6 Å². The Labute approximate surface area is 211 Å². The normalized spacial score (nSPS) is 14.2. The number of carbonyl (C=O) groups is 1. The van der Waals surface area contributed by atoms with Crippen LogP contribution in [0.4, 0.5) is 10.1 Å². The number of pyridine rings is 1. The van der Waals surface area contributed by atoms with Gasteiger partial charge in [0.15, 0.2) is 0 Å². The van der Waals surface area contributed by atoms with Crippen LogP contribution in [0.15, 0.2) is 78.0 Å². The van der Waals surface area contributed by atoms with E-state index in [-0.39, 0.29) is 29.3 Å². The Kier molecular flexibility index (Phi) is 8.69. The number of amides is 1. The Hall–Kier alpha value is -3.17. The molecule has 10 heteroatoms. The van der Waals surface area contributed by atoms with Gasteiger partial charge in [0.25, 0.3) is 10.0 Å². The van der Waals surface area contributed by atoms with Crippen molar-refractivity contribution in [2.45, 2.75) is 30.3 Å². The van der Waals surface area contributed by atoms with Crippen LogP contribution in [-0.4, -0.2) is 50.5 Å². The Morgan fingerprint density at radius 3 is 2.46 bits per heavy atom. The van der Waals surface area contributed by atoms with Gasteiger partial charge in [0.1, 0.15) is 17.7 Å². The summed E-state index contributed by atoms with van der Waals surface area (Å²) in [5.74, 6) is 0.0989. The van der Waals surface area contributed by atoms with Crippen molar-refractivity contribution in [3.63, 3.8) is 0 Å². The smallest absolute Gasteiger partial charge is 0.264 e. The SMILES string of the molecule is CN(c1ccc(OC2CCN(C(=O)Cc3cccnc3)CC2)cc1)S(=O)(=O)c1cccc(F)c1.Cl. The van der Waals surface area contributed by atoms with Gasteiger partial charge in [0.05, 0.1) is 17.0 Å². The second-order valence-corrected chi connectivity index (χ2v) is 10.1. The highest BCUT2D eigenvalue weighted by Crippen LogP contribution is 2.26. The van der Waals surface area contributed by atoms with Gasteiger partial charge in [-0.3, -0.25) is 14.1 Å². The monoisotopic (exact) mass is 519 g/mol. The fourth-order valence-electron chi connectivity index (χ4n) is 3.86. The fraction of sp³-hybridized carbons (Fsp3) is 0.280. The van der Waals surface area contributed by atoms with Crippen LogP contribution in [0.2, 0.25) is 0 Å². The Morgan fingerprint density at radius 1 is 1.11 bits per heavy atom. The van der Waals surface area contributed by atoms with Crippen molar-refractivity contribution in [1.29, 1.82) is 0 Å².